The van der Waals surface area contributed by atoms with Crippen LogP contribution in [0, 0.1) is 11.3 Å². The van der Waals surface area contributed by atoms with E-state index in [-0.39, 0.29) is 11.9 Å². The summed E-state index contributed by atoms with van der Waals surface area (Å²) in [4.78, 5) is 11.3. The number of nitrogens with two attached hydrogens (primary N) is 1. The largest absolute Gasteiger partial charge is 0.344 e. The maximum atomic E-state index is 11.3. The highest BCUT2D eigenvalue weighted by Gasteiger charge is 2.13. The number of carbonyl (C=O) groups excluding carboxylic acids is 1. The van der Waals surface area contributed by atoms with Crippen LogP contribution in [-0.4, -0.2) is 10.5 Å². The summed E-state index contributed by atoms with van der Waals surface area (Å²) in [6, 6.07) is 9.60. The standard InChI is InChI=1S/C13H14N4O/c1-9(7-13(18)16-15)17-6-5-11-10(8-14)3-2-4-12(11)17/h2-6,9H,7,15H2,1H3,(H,16,18). The van der Waals surface area contributed by atoms with Crippen LogP contribution in [-0.2, 0) is 4.79 Å². The summed E-state index contributed by atoms with van der Waals surface area (Å²) in [7, 11) is 0. The fourth-order valence-corrected chi connectivity index (χ4v) is 2.10. The molecule has 0 aliphatic carbocycles. The number of amides is 1. The first kappa shape index (κ1) is 12.1. The van der Waals surface area contributed by atoms with Gasteiger partial charge >= 0.3 is 0 Å². The van der Waals surface area contributed by atoms with Crippen molar-refractivity contribution < 1.29 is 4.79 Å². The molecule has 0 aliphatic heterocycles. The summed E-state index contributed by atoms with van der Waals surface area (Å²) >= 11 is 0. The molecule has 0 bridgehead atoms. The first-order valence-electron chi connectivity index (χ1n) is 5.66. The van der Waals surface area contributed by atoms with Gasteiger partial charge in [-0.15, -0.1) is 0 Å². The van der Waals surface area contributed by atoms with Gasteiger partial charge in [0.05, 0.1) is 11.6 Å². The van der Waals surface area contributed by atoms with Crippen LogP contribution in [0.1, 0.15) is 24.9 Å². The lowest BCUT2D eigenvalue weighted by Crippen LogP contribution is -2.31. The summed E-state index contributed by atoms with van der Waals surface area (Å²) in [5, 5.41) is 9.93. The van der Waals surface area contributed by atoms with Crippen molar-refractivity contribution in [1.29, 1.82) is 5.26 Å². The predicted molar refractivity (Wildman–Crippen MR) is 68.3 cm³/mol. The van der Waals surface area contributed by atoms with E-state index in [4.69, 9.17) is 11.1 Å². The molecule has 0 aliphatic rings. The average molecular weight is 242 g/mol. The third kappa shape index (κ3) is 2.06. The normalized spacial score (nSPS) is 12.1. The Kier molecular flexibility index (Phi) is 3.31. The molecule has 1 amide bonds. The first-order chi connectivity index (χ1) is 8.67. The van der Waals surface area contributed by atoms with Gasteiger partial charge in [0.2, 0.25) is 5.91 Å². The minimum atomic E-state index is -0.208. The van der Waals surface area contributed by atoms with Crippen molar-refractivity contribution in [3.8, 4) is 6.07 Å². The van der Waals surface area contributed by atoms with Crippen molar-refractivity contribution in [2.24, 2.45) is 5.84 Å². The summed E-state index contributed by atoms with van der Waals surface area (Å²) in [6.07, 6.45) is 2.19. The van der Waals surface area contributed by atoms with Gasteiger partial charge in [0.15, 0.2) is 0 Å². The molecule has 0 saturated heterocycles. The first-order valence-corrected chi connectivity index (χ1v) is 5.66. The third-order valence-electron chi connectivity index (χ3n) is 3.00. The van der Waals surface area contributed by atoms with E-state index in [1.807, 2.05) is 35.9 Å². The third-order valence-corrected chi connectivity index (χ3v) is 3.00. The van der Waals surface area contributed by atoms with Crippen LogP contribution in [0.3, 0.4) is 0 Å². The molecular formula is C13H14N4O. The van der Waals surface area contributed by atoms with Gasteiger partial charge < -0.3 is 4.57 Å². The van der Waals surface area contributed by atoms with E-state index in [0.717, 1.165) is 10.9 Å². The van der Waals surface area contributed by atoms with Crippen LogP contribution in [0.15, 0.2) is 30.5 Å². The molecule has 5 heteroatoms. The van der Waals surface area contributed by atoms with Crippen molar-refractivity contribution >= 4 is 16.8 Å². The Balaban J connectivity index is 2.41. The van der Waals surface area contributed by atoms with Crippen LogP contribution in [0.25, 0.3) is 10.9 Å². The maximum Gasteiger partial charge on any atom is 0.235 e. The zero-order valence-corrected chi connectivity index (χ0v) is 10.1. The van der Waals surface area contributed by atoms with E-state index in [2.05, 4.69) is 11.5 Å². The lowest BCUT2D eigenvalue weighted by Gasteiger charge is -2.14. The van der Waals surface area contributed by atoms with Gasteiger partial charge in [-0.1, -0.05) is 6.07 Å². The van der Waals surface area contributed by atoms with Gasteiger partial charge in [0.25, 0.3) is 0 Å². The number of carbonyl (C=O) groups is 1. The minimum Gasteiger partial charge on any atom is -0.344 e. The van der Waals surface area contributed by atoms with Crippen LogP contribution >= 0.6 is 0 Å². The predicted octanol–water partition coefficient (Wildman–Crippen LogP) is 1.45. The average Bonchev–Trinajstić information content (AvgIpc) is 2.82. The molecule has 2 aromatic rings. The number of benzene rings is 1. The summed E-state index contributed by atoms with van der Waals surface area (Å²) in [5.74, 6) is 4.87. The molecule has 5 nitrogen and oxygen atoms in total. The number of hydrogen-bond acceptors (Lipinski definition) is 3. The Morgan fingerprint density at radius 3 is 3.00 bits per heavy atom. The summed E-state index contributed by atoms with van der Waals surface area (Å²) in [6.45, 7) is 1.94. The number of rotatable bonds is 3. The van der Waals surface area contributed by atoms with Crippen LogP contribution in [0.4, 0.5) is 0 Å². The highest BCUT2D eigenvalue weighted by atomic mass is 16.2. The smallest absolute Gasteiger partial charge is 0.235 e. The molecule has 1 unspecified atom stereocenters. The maximum absolute atomic E-state index is 11.3. The topological polar surface area (TPSA) is 83.8 Å². The number of aromatic nitrogens is 1. The molecule has 0 spiro atoms. The van der Waals surface area contributed by atoms with Crippen molar-refractivity contribution in [3.63, 3.8) is 0 Å². The molecule has 92 valence electrons. The van der Waals surface area contributed by atoms with Crippen LogP contribution in [0.2, 0.25) is 0 Å². The molecule has 18 heavy (non-hydrogen) atoms. The Morgan fingerprint density at radius 1 is 1.56 bits per heavy atom. The SMILES string of the molecule is CC(CC(=O)NN)n1ccc2c(C#N)cccc21. The second kappa shape index (κ2) is 4.90. The van der Waals surface area contributed by atoms with Crippen LogP contribution < -0.4 is 11.3 Å². The van der Waals surface area contributed by atoms with Gasteiger partial charge in [-0.25, -0.2) is 5.84 Å². The Bertz CT molecular complexity index is 623. The van der Waals surface area contributed by atoms with Gasteiger partial charge in [0, 0.05) is 29.6 Å². The lowest BCUT2D eigenvalue weighted by atomic mass is 10.1. The monoisotopic (exact) mass is 242 g/mol. The fraction of sp³-hybridized carbons (Fsp3) is 0.231. The van der Waals surface area contributed by atoms with Crippen molar-refractivity contribution in [1.82, 2.24) is 9.99 Å². The Hall–Kier alpha value is -2.32. The Labute approximate surface area is 105 Å². The Morgan fingerprint density at radius 2 is 2.33 bits per heavy atom. The van der Waals surface area contributed by atoms with Crippen molar-refractivity contribution in [2.75, 3.05) is 0 Å². The second-order valence-electron chi connectivity index (χ2n) is 4.19. The molecule has 2 rings (SSSR count). The van der Waals surface area contributed by atoms with Crippen molar-refractivity contribution in [3.05, 3.63) is 36.0 Å². The fourth-order valence-electron chi connectivity index (χ4n) is 2.10. The number of hydrogen-bond donors (Lipinski definition) is 2. The van der Waals surface area contributed by atoms with Gasteiger partial charge in [-0.3, -0.25) is 10.2 Å². The van der Waals surface area contributed by atoms with E-state index >= 15 is 0 Å². The molecular weight excluding hydrogens is 228 g/mol. The van der Waals surface area contributed by atoms with E-state index in [1.54, 1.807) is 6.07 Å². The zero-order valence-electron chi connectivity index (χ0n) is 10.1. The number of hydrazine groups is 1. The number of nitrogens with one attached hydrogen (secondary N) is 1. The lowest BCUT2D eigenvalue weighted by molar-refractivity contribution is -0.121. The molecule has 1 atom stereocenters. The highest BCUT2D eigenvalue weighted by Crippen LogP contribution is 2.24. The van der Waals surface area contributed by atoms with Crippen LogP contribution in [0.5, 0.6) is 0 Å². The molecule has 1 aromatic carbocycles. The van der Waals surface area contributed by atoms with Gasteiger partial charge in [-0.2, -0.15) is 5.26 Å². The second-order valence-corrected chi connectivity index (χ2v) is 4.19. The van der Waals surface area contributed by atoms with E-state index in [1.165, 1.54) is 0 Å². The van der Waals surface area contributed by atoms with Crippen molar-refractivity contribution in [2.45, 2.75) is 19.4 Å². The number of fused-ring (bicyclic) bond motifs is 1. The molecule has 3 N–H and O–H groups in total. The number of nitrogens with zero attached hydrogens (tertiary/aromatic N) is 2. The highest BCUT2D eigenvalue weighted by molar-refractivity contribution is 5.86. The zero-order chi connectivity index (χ0) is 13.1. The minimum absolute atomic E-state index is 0.0139. The summed E-state index contributed by atoms with van der Waals surface area (Å²) < 4.78 is 1.98. The molecule has 0 fully saturated rings. The quantitative estimate of drug-likeness (QED) is 0.485. The van der Waals surface area contributed by atoms with E-state index in [0.29, 0.717) is 12.0 Å². The van der Waals surface area contributed by atoms with E-state index in [9.17, 15) is 4.79 Å². The van der Waals surface area contributed by atoms with Gasteiger partial charge in [0.1, 0.15) is 0 Å². The number of nitriles is 1. The van der Waals surface area contributed by atoms with E-state index < -0.39 is 0 Å². The molecule has 1 aromatic heterocycles. The molecule has 0 saturated carbocycles. The molecule has 0 radical (unpaired) electrons. The molecule has 1 heterocycles. The van der Waals surface area contributed by atoms with Gasteiger partial charge in [-0.05, 0) is 25.1 Å². The summed E-state index contributed by atoms with van der Waals surface area (Å²) in [5.41, 5.74) is 3.71.